The predicted octanol–water partition coefficient (Wildman–Crippen LogP) is 3.85. The quantitative estimate of drug-likeness (QED) is 0.816. The van der Waals surface area contributed by atoms with Crippen molar-refractivity contribution < 1.29 is 4.79 Å². The third-order valence-corrected chi connectivity index (χ3v) is 3.88. The van der Waals surface area contributed by atoms with E-state index in [0.717, 1.165) is 30.9 Å². The Bertz CT molecular complexity index is 609. The molecule has 0 heterocycles. The number of para-hydroxylation sites is 1. The van der Waals surface area contributed by atoms with Crippen LogP contribution in [-0.4, -0.2) is 24.0 Å². The average molecular weight is 311 g/mol. The predicted molar refractivity (Wildman–Crippen MR) is 95.4 cm³/mol. The monoisotopic (exact) mass is 311 g/mol. The van der Waals surface area contributed by atoms with E-state index in [2.05, 4.69) is 41.5 Å². The molecule has 2 aromatic rings. The van der Waals surface area contributed by atoms with E-state index < -0.39 is 0 Å². The first-order valence-electron chi connectivity index (χ1n) is 8.12. The van der Waals surface area contributed by atoms with E-state index in [1.165, 1.54) is 5.56 Å². The number of hydrogen-bond acceptors (Lipinski definition) is 2. The summed E-state index contributed by atoms with van der Waals surface area (Å²) in [5.74, 6) is 0. The van der Waals surface area contributed by atoms with Gasteiger partial charge in [0, 0.05) is 18.8 Å². The Morgan fingerprint density at radius 1 is 0.913 bits per heavy atom. The molecule has 0 fully saturated rings. The molecule has 0 atom stereocenters. The lowest BCUT2D eigenvalue weighted by Crippen LogP contribution is -2.29. The van der Waals surface area contributed by atoms with Gasteiger partial charge in [-0.2, -0.15) is 0 Å². The van der Waals surface area contributed by atoms with Crippen LogP contribution in [0.2, 0.25) is 0 Å². The normalized spacial score (nSPS) is 10.6. The smallest absolute Gasteiger partial charge is 0.319 e. The van der Waals surface area contributed by atoms with Gasteiger partial charge in [-0.15, -0.1) is 0 Å². The summed E-state index contributed by atoms with van der Waals surface area (Å²) >= 11 is 0. The number of amides is 2. The van der Waals surface area contributed by atoms with Crippen molar-refractivity contribution in [2.75, 3.05) is 18.4 Å². The lowest BCUT2D eigenvalue weighted by atomic mass is 10.1. The van der Waals surface area contributed by atoms with Crippen LogP contribution < -0.4 is 10.6 Å². The molecule has 0 saturated heterocycles. The van der Waals surface area contributed by atoms with E-state index in [1.54, 1.807) is 0 Å². The molecule has 0 saturated carbocycles. The van der Waals surface area contributed by atoms with Crippen molar-refractivity contribution in [2.24, 2.45) is 0 Å². The van der Waals surface area contributed by atoms with E-state index in [1.807, 2.05) is 42.5 Å². The van der Waals surface area contributed by atoms with Gasteiger partial charge in [0.05, 0.1) is 0 Å². The van der Waals surface area contributed by atoms with Crippen LogP contribution in [0.4, 0.5) is 10.5 Å². The zero-order chi connectivity index (χ0) is 16.5. The summed E-state index contributed by atoms with van der Waals surface area (Å²) in [7, 11) is 0. The zero-order valence-electron chi connectivity index (χ0n) is 13.9. The number of carbonyl (C=O) groups is 1. The molecular formula is C19H25N3O. The molecule has 0 aliphatic carbocycles. The zero-order valence-corrected chi connectivity index (χ0v) is 13.9. The number of nitrogens with zero attached hydrogens (tertiary/aromatic N) is 1. The number of anilines is 1. The number of benzene rings is 2. The van der Waals surface area contributed by atoms with Gasteiger partial charge in [-0.25, -0.2) is 4.79 Å². The average Bonchev–Trinajstić information content (AvgIpc) is 2.59. The molecule has 122 valence electrons. The standard InChI is InChI=1S/C19H25N3O/c1-3-22(4-2)15-17-11-9-8-10-16(17)14-20-19(23)21-18-12-6-5-7-13-18/h5-13H,3-4,14-15H2,1-2H3,(H2,20,21,23). The van der Waals surface area contributed by atoms with Gasteiger partial charge in [0.15, 0.2) is 0 Å². The molecule has 0 unspecified atom stereocenters. The van der Waals surface area contributed by atoms with E-state index in [0.29, 0.717) is 6.54 Å². The minimum absolute atomic E-state index is 0.186. The highest BCUT2D eigenvalue weighted by Crippen LogP contribution is 2.12. The van der Waals surface area contributed by atoms with Gasteiger partial charge in [0.25, 0.3) is 0 Å². The lowest BCUT2D eigenvalue weighted by molar-refractivity contribution is 0.251. The lowest BCUT2D eigenvalue weighted by Gasteiger charge is -2.20. The molecule has 4 nitrogen and oxygen atoms in total. The Labute approximate surface area is 138 Å². The maximum absolute atomic E-state index is 12.0. The molecule has 23 heavy (non-hydrogen) atoms. The van der Waals surface area contributed by atoms with Gasteiger partial charge in [-0.05, 0) is 36.3 Å². The third kappa shape index (κ3) is 5.42. The minimum atomic E-state index is -0.186. The second-order valence-electron chi connectivity index (χ2n) is 5.40. The molecule has 0 radical (unpaired) electrons. The molecule has 0 aromatic heterocycles. The van der Waals surface area contributed by atoms with Crippen molar-refractivity contribution in [3.05, 3.63) is 65.7 Å². The summed E-state index contributed by atoms with van der Waals surface area (Å²) in [6, 6.07) is 17.5. The van der Waals surface area contributed by atoms with E-state index in [4.69, 9.17) is 0 Å². The molecule has 0 spiro atoms. The van der Waals surface area contributed by atoms with E-state index >= 15 is 0 Å². The van der Waals surface area contributed by atoms with Gasteiger partial charge in [0.2, 0.25) is 0 Å². The first-order valence-corrected chi connectivity index (χ1v) is 8.12. The highest BCUT2D eigenvalue weighted by atomic mass is 16.2. The summed E-state index contributed by atoms with van der Waals surface area (Å²) in [4.78, 5) is 14.4. The van der Waals surface area contributed by atoms with Crippen molar-refractivity contribution in [3.8, 4) is 0 Å². The van der Waals surface area contributed by atoms with Crippen molar-refractivity contribution in [1.29, 1.82) is 0 Å². The Hall–Kier alpha value is -2.33. The number of hydrogen-bond donors (Lipinski definition) is 2. The van der Waals surface area contributed by atoms with E-state index in [9.17, 15) is 4.79 Å². The Morgan fingerprint density at radius 2 is 1.52 bits per heavy atom. The van der Waals surface area contributed by atoms with Gasteiger partial charge in [-0.3, -0.25) is 4.90 Å². The van der Waals surface area contributed by atoms with Crippen molar-refractivity contribution in [2.45, 2.75) is 26.9 Å². The maximum atomic E-state index is 12.0. The fourth-order valence-electron chi connectivity index (χ4n) is 2.44. The molecule has 2 rings (SSSR count). The number of nitrogens with one attached hydrogen (secondary N) is 2. The highest BCUT2D eigenvalue weighted by molar-refractivity contribution is 5.89. The molecule has 0 bridgehead atoms. The fraction of sp³-hybridized carbons (Fsp3) is 0.316. The van der Waals surface area contributed by atoms with Gasteiger partial charge in [-0.1, -0.05) is 56.3 Å². The molecule has 0 aliphatic heterocycles. The van der Waals surface area contributed by atoms with Crippen LogP contribution >= 0.6 is 0 Å². The van der Waals surface area contributed by atoms with Crippen LogP contribution in [0.25, 0.3) is 0 Å². The Morgan fingerprint density at radius 3 is 2.17 bits per heavy atom. The number of urea groups is 1. The van der Waals surface area contributed by atoms with Crippen molar-refractivity contribution in [3.63, 3.8) is 0 Å². The first kappa shape index (κ1) is 17.0. The van der Waals surface area contributed by atoms with Crippen molar-refractivity contribution >= 4 is 11.7 Å². The topological polar surface area (TPSA) is 44.4 Å². The summed E-state index contributed by atoms with van der Waals surface area (Å²) in [5, 5.41) is 5.76. The molecule has 0 aliphatic rings. The Kier molecular flexibility index (Phi) is 6.63. The molecular weight excluding hydrogens is 286 g/mol. The van der Waals surface area contributed by atoms with Crippen LogP contribution in [-0.2, 0) is 13.1 Å². The number of rotatable bonds is 7. The fourth-order valence-corrected chi connectivity index (χ4v) is 2.44. The maximum Gasteiger partial charge on any atom is 0.319 e. The van der Waals surface area contributed by atoms with Crippen LogP contribution in [0.1, 0.15) is 25.0 Å². The van der Waals surface area contributed by atoms with Gasteiger partial charge in [0.1, 0.15) is 0 Å². The van der Waals surface area contributed by atoms with Gasteiger partial charge < -0.3 is 10.6 Å². The first-order chi connectivity index (χ1) is 11.2. The van der Waals surface area contributed by atoms with Crippen LogP contribution in [0.5, 0.6) is 0 Å². The van der Waals surface area contributed by atoms with Crippen LogP contribution in [0.15, 0.2) is 54.6 Å². The van der Waals surface area contributed by atoms with Crippen molar-refractivity contribution in [1.82, 2.24) is 10.2 Å². The molecule has 4 heteroatoms. The highest BCUT2D eigenvalue weighted by Gasteiger charge is 2.07. The van der Waals surface area contributed by atoms with Gasteiger partial charge >= 0.3 is 6.03 Å². The molecule has 2 N–H and O–H groups in total. The second kappa shape index (κ2) is 8.96. The van der Waals surface area contributed by atoms with E-state index in [-0.39, 0.29) is 6.03 Å². The third-order valence-electron chi connectivity index (χ3n) is 3.88. The largest absolute Gasteiger partial charge is 0.334 e. The summed E-state index contributed by atoms with van der Waals surface area (Å²) < 4.78 is 0. The number of carbonyl (C=O) groups excluding carboxylic acids is 1. The molecule has 2 amide bonds. The minimum Gasteiger partial charge on any atom is -0.334 e. The van der Waals surface area contributed by atoms with Crippen LogP contribution in [0.3, 0.4) is 0 Å². The van der Waals surface area contributed by atoms with Crippen LogP contribution in [0, 0.1) is 0 Å². The Balaban J connectivity index is 1.93. The summed E-state index contributed by atoms with van der Waals surface area (Å²) in [5.41, 5.74) is 3.21. The molecule has 2 aromatic carbocycles. The summed E-state index contributed by atoms with van der Waals surface area (Å²) in [6.45, 7) is 7.80. The SMILES string of the molecule is CCN(CC)Cc1ccccc1CNC(=O)Nc1ccccc1. The summed E-state index contributed by atoms with van der Waals surface area (Å²) in [6.07, 6.45) is 0. The second-order valence-corrected chi connectivity index (χ2v) is 5.40.